The topological polar surface area (TPSA) is 91.9 Å². The predicted octanol–water partition coefficient (Wildman–Crippen LogP) is 3.87. The van der Waals surface area contributed by atoms with Gasteiger partial charge in [0.05, 0.1) is 7.11 Å². The molecule has 0 saturated carbocycles. The van der Waals surface area contributed by atoms with E-state index in [-0.39, 0.29) is 5.91 Å². The Morgan fingerprint density at radius 2 is 1.93 bits per heavy atom. The second kappa shape index (κ2) is 8.43. The van der Waals surface area contributed by atoms with Crippen LogP contribution in [0.1, 0.15) is 16.1 Å². The van der Waals surface area contributed by atoms with Crippen molar-refractivity contribution in [2.24, 2.45) is 0 Å². The van der Waals surface area contributed by atoms with Crippen LogP contribution in [0.4, 0.5) is 11.6 Å². The van der Waals surface area contributed by atoms with Crippen LogP contribution in [0, 0.1) is 0 Å². The molecular formula is C22H21N5O2. The molecule has 4 aromatic rings. The number of aromatic amines is 1. The Morgan fingerprint density at radius 3 is 2.76 bits per heavy atom. The van der Waals surface area contributed by atoms with Crippen molar-refractivity contribution in [3.63, 3.8) is 0 Å². The van der Waals surface area contributed by atoms with Crippen molar-refractivity contribution in [3.05, 3.63) is 78.2 Å². The van der Waals surface area contributed by atoms with E-state index < -0.39 is 0 Å². The van der Waals surface area contributed by atoms with Gasteiger partial charge in [0.1, 0.15) is 11.4 Å². The number of carbonyl (C=O) groups excluding carboxylic acids is 1. The van der Waals surface area contributed by atoms with Gasteiger partial charge in [0.2, 0.25) is 5.95 Å². The van der Waals surface area contributed by atoms with Gasteiger partial charge >= 0.3 is 0 Å². The summed E-state index contributed by atoms with van der Waals surface area (Å²) in [6.45, 7) is 0.658. The average Bonchev–Trinajstić information content (AvgIpc) is 3.18. The number of ether oxygens (including phenoxy) is 1. The number of nitrogens with zero attached hydrogens (tertiary/aromatic N) is 2. The molecule has 2 aromatic carbocycles. The zero-order valence-corrected chi connectivity index (χ0v) is 16.0. The van der Waals surface area contributed by atoms with Crippen molar-refractivity contribution in [2.75, 3.05) is 24.3 Å². The molecule has 2 heterocycles. The van der Waals surface area contributed by atoms with Gasteiger partial charge in [-0.2, -0.15) is 0 Å². The van der Waals surface area contributed by atoms with Crippen LogP contribution in [0.25, 0.3) is 10.9 Å². The summed E-state index contributed by atoms with van der Waals surface area (Å²) in [7, 11) is 1.60. The fourth-order valence-corrected chi connectivity index (χ4v) is 3.09. The molecule has 0 aliphatic rings. The van der Waals surface area contributed by atoms with Gasteiger partial charge in [-0.1, -0.05) is 18.2 Å². The number of methoxy groups -OCH3 is 1. The zero-order chi connectivity index (χ0) is 20.1. The number of fused-ring (bicyclic) bond motifs is 1. The number of carbonyl (C=O) groups is 1. The van der Waals surface area contributed by atoms with Crippen LogP contribution >= 0.6 is 0 Å². The van der Waals surface area contributed by atoms with Crippen molar-refractivity contribution >= 4 is 28.4 Å². The lowest BCUT2D eigenvalue weighted by atomic mass is 10.1. The summed E-state index contributed by atoms with van der Waals surface area (Å²) in [5.74, 6) is 0.858. The fraction of sp³-hybridized carbons (Fsp3) is 0.136. The molecule has 7 heteroatoms. The molecule has 0 aliphatic heterocycles. The van der Waals surface area contributed by atoms with Crippen molar-refractivity contribution in [2.45, 2.75) is 6.42 Å². The first kappa shape index (κ1) is 18.5. The minimum atomic E-state index is -0.294. The molecule has 1 amide bonds. The Labute approximate surface area is 168 Å². The van der Waals surface area contributed by atoms with E-state index in [1.165, 1.54) is 10.9 Å². The third kappa shape index (κ3) is 4.35. The fourth-order valence-electron chi connectivity index (χ4n) is 3.09. The van der Waals surface area contributed by atoms with Gasteiger partial charge in [0.25, 0.3) is 5.91 Å². The number of anilines is 2. The second-order valence-corrected chi connectivity index (χ2v) is 6.48. The number of amides is 1. The van der Waals surface area contributed by atoms with Crippen LogP contribution in [0.3, 0.4) is 0 Å². The Kier molecular flexibility index (Phi) is 5.38. The Hall–Kier alpha value is -3.87. The van der Waals surface area contributed by atoms with Gasteiger partial charge in [-0.05, 0) is 48.4 Å². The molecular weight excluding hydrogens is 366 g/mol. The highest BCUT2D eigenvalue weighted by Crippen LogP contribution is 2.18. The lowest BCUT2D eigenvalue weighted by Crippen LogP contribution is -2.16. The summed E-state index contributed by atoms with van der Waals surface area (Å²) >= 11 is 0. The summed E-state index contributed by atoms with van der Waals surface area (Å²) in [5, 5.41) is 7.22. The molecule has 0 fully saturated rings. The lowest BCUT2D eigenvalue weighted by molar-refractivity contribution is 0.102. The van der Waals surface area contributed by atoms with E-state index in [1.54, 1.807) is 43.6 Å². The Balaban J connectivity index is 1.37. The smallest absolute Gasteiger partial charge is 0.274 e. The number of hydrogen-bond acceptors (Lipinski definition) is 5. The quantitative estimate of drug-likeness (QED) is 0.448. The predicted molar refractivity (Wildman–Crippen MR) is 113 cm³/mol. The first-order valence-electron chi connectivity index (χ1n) is 9.30. The maximum Gasteiger partial charge on any atom is 0.274 e. The molecule has 2 aromatic heterocycles. The minimum Gasteiger partial charge on any atom is -0.497 e. The summed E-state index contributed by atoms with van der Waals surface area (Å²) < 4.78 is 5.12. The lowest BCUT2D eigenvalue weighted by Gasteiger charge is -2.08. The Morgan fingerprint density at radius 1 is 1.10 bits per heavy atom. The largest absolute Gasteiger partial charge is 0.497 e. The molecule has 0 aliphatic carbocycles. The molecule has 4 rings (SSSR count). The number of hydrogen-bond donors (Lipinski definition) is 3. The SMILES string of the molecule is COc1ccc(NC(=O)c2ccnc(NCCc3c[nH]c4ccccc34)n2)cc1. The van der Waals surface area contributed by atoms with E-state index in [0.29, 0.717) is 23.9 Å². The first-order valence-corrected chi connectivity index (χ1v) is 9.30. The van der Waals surface area contributed by atoms with E-state index in [2.05, 4.69) is 37.7 Å². The van der Waals surface area contributed by atoms with Crippen molar-refractivity contribution in [1.82, 2.24) is 15.0 Å². The number of para-hydroxylation sites is 1. The van der Waals surface area contributed by atoms with Crippen molar-refractivity contribution in [3.8, 4) is 5.75 Å². The van der Waals surface area contributed by atoms with E-state index >= 15 is 0 Å². The van der Waals surface area contributed by atoms with Gasteiger partial charge in [0.15, 0.2) is 0 Å². The number of rotatable bonds is 7. The maximum absolute atomic E-state index is 12.5. The molecule has 3 N–H and O–H groups in total. The van der Waals surface area contributed by atoms with Gasteiger partial charge in [0, 0.05) is 35.5 Å². The third-order valence-corrected chi connectivity index (χ3v) is 4.59. The van der Waals surface area contributed by atoms with Crippen LogP contribution < -0.4 is 15.4 Å². The monoisotopic (exact) mass is 387 g/mol. The van der Waals surface area contributed by atoms with Crippen LogP contribution in [0.2, 0.25) is 0 Å². The van der Waals surface area contributed by atoms with Crippen molar-refractivity contribution < 1.29 is 9.53 Å². The zero-order valence-electron chi connectivity index (χ0n) is 16.0. The van der Waals surface area contributed by atoms with E-state index in [4.69, 9.17) is 4.74 Å². The normalized spacial score (nSPS) is 10.7. The average molecular weight is 387 g/mol. The number of nitrogens with one attached hydrogen (secondary N) is 3. The molecule has 0 bridgehead atoms. The van der Waals surface area contributed by atoms with E-state index in [9.17, 15) is 4.79 Å². The number of H-pyrrole nitrogens is 1. The number of benzene rings is 2. The molecule has 0 spiro atoms. The highest BCUT2D eigenvalue weighted by molar-refractivity contribution is 6.03. The molecule has 0 atom stereocenters. The molecule has 29 heavy (non-hydrogen) atoms. The van der Waals surface area contributed by atoms with Gasteiger partial charge in [-0.15, -0.1) is 0 Å². The van der Waals surface area contributed by atoms with Crippen LogP contribution in [0.5, 0.6) is 5.75 Å². The summed E-state index contributed by atoms with van der Waals surface area (Å²) in [6.07, 6.45) is 4.41. The van der Waals surface area contributed by atoms with Crippen LogP contribution in [-0.2, 0) is 6.42 Å². The highest BCUT2D eigenvalue weighted by Gasteiger charge is 2.10. The van der Waals surface area contributed by atoms with Gasteiger partial charge in [-0.25, -0.2) is 9.97 Å². The second-order valence-electron chi connectivity index (χ2n) is 6.48. The summed E-state index contributed by atoms with van der Waals surface area (Å²) in [5.41, 5.74) is 3.31. The first-order chi connectivity index (χ1) is 14.2. The van der Waals surface area contributed by atoms with Gasteiger partial charge in [-0.3, -0.25) is 4.79 Å². The minimum absolute atomic E-state index is 0.294. The maximum atomic E-state index is 12.5. The third-order valence-electron chi connectivity index (χ3n) is 4.59. The summed E-state index contributed by atoms with van der Waals surface area (Å²) in [4.78, 5) is 24.3. The standard InChI is InChI=1S/C22H21N5O2/c1-29-17-8-6-16(7-9-17)26-21(28)20-11-13-24-22(27-20)23-12-10-15-14-25-19-5-3-2-4-18(15)19/h2-9,11,13-14,25H,10,12H2,1H3,(H,26,28)(H,23,24,27). The van der Waals surface area contributed by atoms with E-state index in [1.807, 2.05) is 18.3 Å². The van der Waals surface area contributed by atoms with Crippen molar-refractivity contribution in [1.29, 1.82) is 0 Å². The Bertz CT molecular complexity index is 1120. The molecule has 0 saturated heterocycles. The molecule has 146 valence electrons. The van der Waals surface area contributed by atoms with Gasteiger partial charge < -0.3 is 20.4 Å². The molecule has 0 unspecified atom stereocenters. The summed E-state index contributed by atoms with van der Waals surface area (Å²) in [6, 6.07) is 16.9. The molecule has 0 radical (unpaired) electrons. The van der Waals surface area contributed by atoms with Crippen LogP contribution in [0.15, 0.2) is 67.0 Å². The highest BCUT2D eigenvalue weighted by atomic mass is 16.5. The van der Waals surface area contributed by atoms with Crippen LogP contribution in [-0.4, -0.2) is 34.5 Å². The molecule has 7 nitrogen and oxygen atoms in total. The number of aromatic nitrogens is 3. The van der Waals surface area contributed by atoms with E-state index in [0.717, 1.165) is 17.7 Å².